The summed E-state index contributed by atoms with van der Waals surface area (Å²) in [4.78, 5) is 0. The Kier molecular flexibility index (Phi) is 1.98. The first kappa shape index (κ1) is 8.53. The molecule has 0 saturated carbocycles. The SMILES string of the molecule is C[C@@H]1Oc2ccccc2[C@@H](O)[C@H]1O. The lowest BCUT2D eigenvalue weighted by molar-refractivity contribution is -0.0614. The normalized spacial score (nSPS) is 32.1. The number of hydrogen-bond donors (Lipinski definition) is 2. The van der Waals surface area contributed by atoms with E-state index in [1.807, 2.05) is 12.1 Å². The van der Waals surface area contributed by atoms with Crippen LogP contribution in [0, 0.1) is 0 Å². The van der Waals surface area contributed by atoms with Gasteiger partial charge in [0.15, 0.2) is 0 Å². The number of ether oxygens (including phenoxy) is 1. The molecule has 1 aliphatic heterocycles. The molecule has 1 heterocycles. The summed E-state index contributed by atoms with van der Waals surface area (Å²) in [5.41, 5.74) is 0.660. The highest BCUT2D eigenvalue weighted by Crippen LogP contribution is 2.34. The zero-order chi connectivity index (χ0) is 9.42. The molecular weight excluding hydrogens is 168 g/mol. The number of benzene rings is 1. The summed E-state index contributed by atoms with van der Waals surface area (Å²) in [6.07, 6.45) is -2.03. The Morgan fingerprint density at radius 3 is 2.69 bits per heavy atom. The van der Waals surface area contributed by atoms with E-state index in [0.717, 1.165) is 0 Å². The Morgan fingerprint density at radius 1 is 1.23 bits per heavy atom. The first-order valence-corrected chi connectivity index (χ1v) is 4.32. The van der Waals surface area contributed by atoms with E-state index in [-0.39, 0.29) is 6.10 Å². The van der Waals surface area contributed by atoms with Gasteiger partial charge in [0.1, 0.15) is 24.1 Å². The summed E-state index contributed by atoms with van der Waals surface area (Å²) in [7, 11) is 0. The lowest BCUT2D eigenvalue weighted by Crippen LogP contribution is -2.38. The lowest BCUT2D eigenvalue weighted by atomic mass is 9.97. The van der Waals surface area contributed by atoms with Crippen LogP contribution in [0.4, 0.5) is 0 Å². The maximum Gasteiger partial charge on any atom is 0.125 e. The van der Waals surface area contributed by atoms with Crippen LogP contribution < -0.4 is 4.74 Å². The molecule has 2 N–H and O–H groups in total. The number of rotatable bonds is 0. The van der Waals surface area contributed by atoms with E-state index in [0.29, 0.717) is 11.3 Å². The highest BCUT2D eigenvalue weighted by atomic mass is 16.5. The van der Waals surface area contributed by atoms with Crippen molar-refractivity contribution in [3.63, 3.8) is 0 Å². The summed E-state index contributed by atoms with van der Waals surface area (Å²) >= 11 is 0. The molecule has 3 nitrogen and oxygen atoms in total. The van der Waals surface area contributed by atoms with Gasteiger partial charge in [-0.05, 0) is 13.0 Å². The molecule has 1 aromatic carbocycles. The second-order valence-electron chi connectivity index (χ2n) is 3.30. The van der Waals surface area contributed by atoms with Crippen molar-refractivity contribution in [1.82, 2.24) is 0 Å². The predicted molar refractivity (Wildman–Crippen MR) is 47.5 cm³/mol. The molecule has 0 radical (unpaired) electrons. The van der Waals surface area contributed by atoms with Crippen LogP contribution in [-0.4, -0.2) is 22.4 Å². The predicted octanol–water partition coefficient (Wildman–Crippen LogP) is 0.862. The van der Waals surface area contributed by atoms with Crippen LogP contribution in [0.15, 0.2) is 24.3 Å². The molecule has 0 bridgehead atoms. The van der Waals surface area contributed by atoms with Crippen molar-refractivity contribution >= 4 is 0 Å². The fourth-order valence-corrected chi connectivity index (χ4v) is 1.54. The average molecular weight is 180 g/mol. The Hall–Kier alpha value is -1.06. The van der Waals surface area contributed by atoms with Gasteiger partial charge in [-0.1, -0.05) is 18.2 Å². The fourth-order valence-electron chi connectivity index (χ4n) is 1.54. The van der Waals surface area contributed by atoms with Crippen molar-refractivity contribution in [3.8, 4) is 5.75 Å². The minimum absolute atomic E-state index is 0.357. The van der Waals surface area contributed by atoms with Gasteiger partial charge in [0.2, 0.25) is 0 Å². The molecule has 2 rings (SSSR count). The molecule has 3 heteroatoms. The molecule has 0 aliphatic carbocycles. The molecule has 0 spiro atoms. The molecule has 0 aromatic heterocycles. The second-order valence-corrected chi connectivity index (χ2v) is 3.30. The van der Waals surface area contributed by atoms with Crippen LogP contribution >= 0.6 is 0 Å². The summed E-state index contributed by atoms with van der Waals surface area (Å²) in [6.45, 7) is 1.74. The minimum atomic E-state index is -0.838. The fraction of sp³-hybridized carbons (Fsp3) is 0.400. The maximum absolute atomic E-state index is 9.67. The van der Waals surface area contributed by atoms with Gasteiger partial charge in [-0.15, -0.1) is 0 Å². The third-order valence-corrected chi connectivity index (χ3v) is 2.35. The van der Waals surface area contributed by atoms with E-state index >= 15 is 0 Å². The standard InChI is InChI=1S/C10H12O3/c1-6-9(11)10(12)7-4-2-3-5-8(7)13-6/h2-6,9-12H,1H3/t6-,9-,10+/m0/s1. The van der Waals surface area contributed by atoms with Gasteiger partial charge in [0.05, 0.1) is 0 Å². The quantitative estimate of drug-likeness (QED) is 0.622. The molecule has 13 heavy (non-hydrogen) atoms. The molecule has 0 amide bonds. The van der Waals surface area contributed by atoms with Gasteiger partial charge in [-0.3, -0.25) is 0 Å². The van der Waals surface area contributed by atoms with Crippen molar-refractivity contribution < 1.29 is 14.9 Å². The molecule has 1 aliphatic rings. The lowest BCUT2D eigenvalue weighted by Gasteiger charge is -2.31. The highest BCUT2D eigenvalue weighted by molar-refractivity contribution is 5.37. The highest BCUT2D eigenvalue weighted by Gasteiger charge is 2.32. The van der Waals surface area contributed by atoms with Gasteiger partial charge in [0.25, 0.3) is 0 Å². The number of para-hydroxylation sites is 1. The van der Waals surface area contributed by atoms with Gasteiger partial charge in [0, 0.05) is 5.56 Å². The maximum atomic E-state index is 9.67. The second kappa shape index (κ2) is 3.01. The molecule has 0 saturated heterocycles. The van der Waals surface area contributed by atoms with Gasteiger partial charge < -0.3 is 14.9 Å². The average Bonchev–Trinajstić information content (AvgIpc) is 2.15. The molecule has 1 aromatic rings. The molecule has 3 atom stereocenters. The largest absolute Gasteiger partial charge is 0.488 e. The van der Waals surface area contributed by atoms with Crippen molar-refractivity contribution in [2.24, 2.45) is 0 Å². The number of fused-ring (bicyclic) bond motifs is 1. The Morgan fingerprint density at radius 2 is 1.92 bits per heavy atom. The van der Waals surface area contributed by atoms with E-state index < -0.39 is 12.2 Å². The van der Waals surface area contributed by atoms with Crippen molar-refractivity contribution in [1.29, 1.82) is 0 Å². The van der Waals surface area contributed by atoms with Gasteiger partial charge in [-0.25, -0.2) is 0 Å². The number of aliphatic hydroxyl groups excluding tert-OH is 2. The van der Waals surface area contributed by atoms with Crippen molar-refractivity contribution in [3.05, 3.63) is 29.8 Å². The van der Waals surface area contributed by atoms with Crippen LogP contribution in [0.1, 0.15) is 18.6 Å². The van der Waals surface area contributed by atoms with Crippen LogP contribution in [0.3, 0.4) is 0 Å². The molecule has 0 fully saturated rings. The molecule has 70 valence electrons. The van der Waals surface area contributed by atoms with Crippen LogP contribution in [-0.2, 0) is 0 Å². The Labute approximate surface area is 76.6 Å². The van der Waals surface area contributed by atoms with E-state index in [9.17, 15) is 10.2 Å². The molecule has 0 unspecified atom stereocenters. The Balaban J connectivity index is 2.43. The third kappa shape index (κ3) is 1.30. The van der Waals surface area contributed by atoms with E-state index in [4.69, 9.17) is 4.74 Å². The van der Waals surface area contributed by atoms with Crippen molar-refractivity contribution in [2.75, 3.05) is 0 Å². The Bertz CT molecular complexity index is 311. The number of aliphatic hydroxyl groups is 2. The smallest absolute Gasteiger partial charge is 0.125 e. The zero-order valence-electron chi connectivity index (χ0n) is 7.34. The summed E-state index contributed by atoms with van der Waals surface area (Å²) in [5, 5.41) is 19.2. The van der Waals surface area contributed by atoms with Gasteiger partial charge >= 0.3 is 0 Å². The monoisotopic (exact) mass is 180 g/mol. The first-order valence-electron chi connectivity index (χ1n) is 4.32. The minimum Gasteiger partial charge on any atom is -0.488 e. The summed E-state index contributed by atoms with van der Waals surface area (Å²) in [6, 6.07) is 7.21. The van der Waals surface area contributed by atoms with Crippen LogP contribution in [0.25, 0.3) is 0 Å². The third-order valence-electron chi connectivity index (χ3n) is 2.35. The van der Waals surface area contributed by atoms with E-state index in [1.54, 1.807) is 19.1 Å². The van der Waals surface area contributed by atoms with E-state index in [2.05, 4.69) is 0 Å². The summed E-state index contributed by atoms with van der Waals surface area (Å²) in [5.74, 6) is 0.660. The van der Waals surface area contributed by atoms with Crippen LogP contribution in [0.5, 0.6) is 5.75 Å². The van der Waals surface area contributed by atoms with Crippen molar-refractivity contribution in [2.45, 2.75) is 25.2 Å². The zero-order valence-corrected chi connectivity index (χ0v) is 7.34. The van der Waals surface area contributed by atoms with Gasteiger partial charge in [-0.2, -0.15) is 0 Å². The number of hydrogen-bond acceptors (Lipinski definition) is 3. The topological polar surface area (TPSA) is 49.7 Å². The van der Waals surface area contributed by atoms with Crippen LogP contribution in [0.2, 0.25) is 0 Å². The molecular formula is C10H12O3. The first-order chi connectivity index (χ1) is 6.20. The van der Waals surface area contributed by atoms with E-state index in [1.165, 1.54) is 0 Å². The summed E-state index contributed by atoms with van der Waals surface area (Å²) < 4.78 is 5.40.